The summed E-state index contributed by atoms with van der Waals surface area (Å²) >= 11 is 0. The van der Waals surface area contributed by atoms with Gasteiger partial charge >= 0.3 is 0 Å². The number of aryl methyl sites for hydroxylation is 2. The molecule has 5 heteroatoms. The zero-order valence-electron chi connectivity index (χ0n) is 13.0. The van der Waals surface area contributed by atoms with Gasteiger partial charge in [0.05, 0.1) is 11.4 Å². The molecule has 4 nitrogen and oxygen atoms in total. The average molecular weight is 310 g/mol. The highest BCUT2D eigenvalue weighted by Crippen LogP contribution is 2.23. The van der Waals surface area contributed by atoms with Crippen molar-refractivity contribution in [3.8, 4) is 0 Å². The predicted molar refractivity (Wildman–Crippen MR) is 88.2 cm³/mol. The molecule has 118 valence electrons. The van der Waals surface area contributed by atoms with Gasteiger partial charge in [-0.3, -0.25) is 4.72 Å². The highest BCUT2D eigenvalue weighted by molar-refractivity contribution is 7.92. The molecule has 2 N–H and O–H groups in total. The van der Waals surface area contributed by atoms with Gasteiger partial charge in [0.2, 0.25) is 10.0 Å². The number of piperidine rings is 1. The van der Waals surface area contributed by atoms with Crippen molar-refractivity contribution in [2.45, 2.75) is 52.0 Å². The number of hydrogen-bond donors (Lipinski definition) is 2. The monoisotopic (exact) mass is 310 g/mol. The van der Waals surface area contributed by atoms with E-state index in [9.17, 15) is 8.42 Å². The largest absolute Gasteiger partial charge is 0.314 e. The lowest BCUT2D eigenvalue weighted by molar-refractivity contribution is 0.393. The summed E-state index contributed by atoms with van der Waals surface area (Å²) in [5, 5.41) is 3.40. The second-order valence-corrected chi connectivity index (χ2v) is 7.66. The molecule has 0 radical (unpaired) electrons. The normalized spacial score (nSPS) is 19.4. The van der Waals surface area contributed by atoms with Crippen LogP contribution in [-0.4, -0.2) is 26.8 Å². The van der Waals surface area contributed by atoms with Gasteiger partial charge in [0.1, 0.15) is 0 Å². The summed E-state index contributed by atoms with van der Waals surface area (Å²) in [6, 6.07) is 6.24. The first-order valence-corrected chi connectivity index (χ1v) is 9.49. The number of anilines is 1. The summed E-state index contributed by atoms with van der Waals surface area (Å²) in [5.41, 5.74) is 2.79. The Hall–Kier alpha value is -1.07. The Morgan fingerprint density at radius 2 is 2.14 bits per heavy atom. The summed E-state index contributed by atoms with van der Waals surface area (Å²) in [6.07, 6.45) is 4.99. The molecule has 0 saturated carbocycles. The van der Waals surface area contributed by atoms with E-state index in [0.29, 0.717) is 12.5 Å². The lowest BCUT2D eigenvalue weighted by Gasteiger charge is -2.23. The van der Waals surface area contributed by atoms with Crippen molar-refractivity contribution in [3.05, 3.63) is 29.3 Å². The van der Waals surface area contributed by atoms with Crippen LogP contribution in [-0.2, 0) is 16.4 Å². The van der Waals surface area contributed by atoms with E-state index in [-0.39, 0.29) is 5.75 Å². The Morgan fingerprint density at radius 3 is 2.81 bits per heavy atom. The SMILES string of the molecule is CCc1cccc(C)c1NS(=O)(=O)CCC1CCCCN1. The molecule has 0 aliphatic carbocycles. The molecule has 1 aliphatic rings. The van der Waals surface area contributed by atoms with E-state index >= 15 is 0 Å². The summed E-state index contributed by atoms with van der Waals surface area (Å²) in [5.74, 6) is 0.183. The molecule has 2 rings (SSSR count). The zero-order chi connectivity index (χ0) is 15.3. The molecule has 1 heterocycles. The van der Waals surface area contributed by atoms with Crippen LogP contribution in [0, 0.1) is 6.92 Å². The standard InChI is InChI=1S/C16H26N2O2S/c1-3-14-8-6-7-13(2)16(14)18-21(19,20)12-10-15-9-4-5-11-17-15/h6-8,15,17-18H,3-5,9-12H2,1-2H3. The molecule has 1 atom stereocenters. The van der Waals surface area contributed by atoms with Gasteiger partial charge in [-0.25, -0.2) is 8.42 Å². The minimum atomic E-state index is -3.28. The Balaban J connectivity index is 2.00. The number of rotatable bonds is 6. The van der Waals surface area contributed by atoms with Crippen LogP contribution >= 0.6 is 0 Å². The van der Waals surface area contributed by atoms with Gasteiger partial charge < -0.3 is 5.32 Å². The van der Waals surface area contributed by atoms with Crippen molar-refractivity contribution >= 4 is 15.7 Å². The number of para-hydroxylation sites is 1. The van der Waals surface area contributed by atoms with E-state index < -0.39 is 10.0 Å². The Labute approximate surface area is 128 Å². The predicted octanol–water partition coefficient (Wildman–Crippen LogP) is 2.83. The Bertz CT molecular complexity index is 564. The van der Waals surface area contributed by atoms with Crippen LogP contribution in [0.4, 0.5) is 5.69 Å². The topological polar surface area (TPSA) is 58.2 Å². The molecule has 21 heavy (non-hydrogen) atoms. The van der Waals surface area contributed by atoms with Gasteiger partial charge in [-0.1, -0.05) is 31.5 Å². The highest BCUT2D eigenvalue weighted by Gasteiger charge is 2.18. The maximum Gasteiger partial charge on any atom is 0.232 e. The average Bonchev–Trinajstić information content (AvgIpc) is 2.48. The fourth-order valence-corrected chi connectivity index (χ4v) is 4.14. The smallest absolute Gasteiger partial charge is 0.232 e. The van der Waals surface area contributed by atoms with E-state index in [1.807, 2.05) is 32.0 Å². The van der Waals surface area contributed by atoms with Crippen molar-refractivity contribution in [1.29, 1.82) is 0 Å². The first-order chi connectivity index (χ1) is 10.0. The zero-order valence-corrected chi connectivity index (χ0v) is 13.8. The van der Waals surface area contributed by atoms with E-state index in [1.165, 1.54) is 12.8 Å². The minimum absolute atomic E-state index is 0.183. The van der Waals surface area contributed by atoms with Crippen molar-refractivity contribution in [1.82, 2.24) is 5.32 Å². The molecule has 1 fully saturated rings. The maximum atomic E-state index is 12.3. The Kier molecular flexibility index (Phi) is 5.65. The van der Waals surface area contributed by atoms with Gasteiger partial charge in [0.25, 0.3) is 0 Å². The lowest BCUT2D eigenvalue weighted by Crippen LogP contribution is -2.36. The van der Waals surface area contributed by atoms with Crippen LogP contribution in [0.1, 0.15) is 43.7 Å². The van der Waals surface area contributed by atoms with Gasteiger partial charge in [-0.2, -0.15) is 0 Å². The minimum Gasteiger partial charge on any atom is -0.314 e. The van der Waals surface area contributed by atoms with Crippen molar-refractivity contribution < 1.29 is 8.42 Å². The number of nitrogens with one attached hydrogen (secondary N) is 2. The lowest BCUT2D eigenvalue weighted by atomic mass is 10.0. The van der Waals surface area contributed by atoms with Gasteiger partial charge in [0.15, 0.2) is 0 Å². The number of benzene rings is 1. The third kappa shape index (κ3) is 4.71. The molecule has 0 spiro atoms. The molecule has 0 amide bonds. The molecule has 1 unspecified atom stereocenters. The first-order valence-electron chi connectivity index (χ1n) is 7.84. The Morgan fingerprint density at radius 1 is 1.33 bits per heavy atom. The van der Waals surface area contributed by atoms with Gasteiger partial charge in [-0.15, -0.1) is 0 Å². The number of sulfonamides is 1. The fraction of sp³-hybridized carbons (Fsp3) is 0.625. The van der Waals surface area contributed by atoms with Crippen molar-refractivity contribution in [2.24, 2.45) is 0 Å². The third-order valence-electron chi connectivity index (χ3n) is 4.14. The second-order valence-electron chi connectivity index (χ2n) is 5.82. The second kappa shape index (κ2) is 7.27. The maximum absolute atomic E-state index is 12.3. The van der Waals surface area contributed by atoms with Crippen LogP contribution in [0.25, 0.3) is 0 Å². The van der Waals surface area contributed by atoms with E-state index in [1.54, 1.807) is 0 Å². The molecule has 1 aromatic carbocycles. The van der Waals surface area contributed by atoms with Gasteiger partial charge in [0, 0.05) is 6.04 Å². The molecule has 1 aliphatic heterocycles. The molecule has 0 aromatic heterocycles. The molecule has 1 aromatic rings. The summed E-state index contributed by atoms with van der Waals surface area (Å²) in [7, 11) is -3.28. The summed E-state index contributed by atoms with van der Waals surface area (Å²) in [6.45, 7) is 4.99. The molecule has 0 bridgehead atoms. The van der Waals surface area contributed by atoms with E-state index in [4.69, 9.17) is 0 Å². The van der Waals surface area contributed by atoms with Crippen LogP contribution < -0.4 is 10.0 Å². The molecular formula is C16H26N2O2S. The van der Waals surface area contributed by atoms with Crippen LogP contribution in [0.5, 0.6) is 0 Å². The van der Waals surface area contributed by atoms with Gasteiger partial charge in [-0.05, 0) is 50.3 Å². The van der Waals surface area contributed by atoms with Crippen LogP contribution in [0.3, 0.4) is 0 Å². The fourth-order valence-electron chi connectivity index (χ4n) is 2.84. The van der Waals surface area contributed by atoms with Crippen molar-refractivity contribution in [2.75, 3.05) is 17.0 Å². The first kappa shape index (κ1) is 16.3. The third-order valence-corrected chi connectivity index (χ3v) is 5.43. The van der Waals surface area contributed by atoms with Crippen molar-refractivity contribution in [3.63, 3.8) is 0 Å². The summed E-state index contributed by atoms with van der Waals surface area (Å²) < 4.78 is 27.4. The van der Waals surface area contributed by atoms with E-state index in [2.05, 4.69) is 10.0 Å². The van der Waals surface area contributed by atoms with E-state index in [0.717, 1.165) is 36.2 Å². The highest BCUT2D eigenvalue weighted by atomic mass is 32.2. The number of hydrogen-bond acceptors (Lipinski definition) is 3. The quantitative estimate of drug-likeness (QED) is 0.849. The van der Waals surface area contributed by atoms with Crippen LogP contribution in [0.2, 0.25) is 0 Å². The summed E-state index contributed by atoms with van der Waals surface area (Å²) in [4.78, 5) is 0. The molecule has 1 saturated heterocycles. The molecular weight excluding hydrogens is 284 g/mol. The van der Waals surface area contributed by atoms with Crippen LogP contribution in [0.15, 0.2) is 18.2 Å².